The van der Waals surface area contributed by atoms with E-state index in [9.17, 15) is 4.79 Å². The number of carbonyl (C=O) groups is 1. The Labute approximate surface area is 133 Å². The quantitative estimate of drug-likeness (QED) is 0.697. The fourth-order valence-electron chi connectivity index (χ4n) is 4.00. The van der Waals surface area contributed by atoms with Gasteiger partial charge in [0, 0.05) is 42.7 Å². The lowest BCUT2D eigenvalue weighted by Crippen LogP contribution is -2.35. The molecule has 3 atom stereocenters. The number of pyridine rings is 2. The molecule has 3 heterocycles. The summed E-state index contributed by atoms with van der Waals surface area (Å²) in [6.07, 6.45) is 4.83. The van der Waals surface area contributed by atoms with Crippen molar-refractivity contribution < 1.29 is 4.79 Å². The minimum Gasteiger partial charge on any atom is -0.356 e. The Balaban J connectivity index is 1.68. The second-order valence-electron chi connectivity index (χ2n) is 6.14. The second kappa shape index (κ2) is 5.39. The molecule has 1 aliphatic heterocycles. The van der Waals surface area contributed by atoms with Crippen molar-refractivity contribution in [1.82, 2.24) is 15.3 Å². The van der Waals surface area contributed by atoms with E-state index in [0.29, 0.717) is 17.0 Å². The molecule has 3 unspecified atom stereocenters. The van der Waals surface area contributed by atoms with Crippen LogP contribution in [0.3, 0.4) is 0 Å². The highest BCUT2D eigenvalue weighted by molar-refractivity contribution is 6.30. The Morgan fingerprint density at radius 2 is 2.27 bits per heavy atom. The van der Waals surface area contributed by atoms with Gasteiger partial charge < -0.3 is 10.2 Å². The maximum Gasteiger partial charge on any atom is 0.207 e. The number of anilines is 1. The fourth-order valence-corrected chi connectivity index (χ4v) is 4.19. The first-order valence-corrected chi connectivity index (χ1v) is 8.00. The largest absolute Gasteiger partial charge is 0.356 e. The lowest BCUT2D eigenvalue weighted by molar-refractivity contribution is -0.110. The van der Waals surface area contributed by atoms with Gasteiger partial charge >= 0.3 is 0 Å². The lowest BCUT2D eigenvalue weighted by Gasteiger charge is -2.22. The molecule has 114 valence electrons. The van der Waals surface area contributed by atoms with Gasteiger partial charge in [-0.1, -0.05) is 11.6 Å². The average Bonchev–Trinajstić information content (AvgIpc) is 3.08. The molecule has 0 spiro atoms. The molecule has 5 nitrogen and oxygen atoms in total. The predicted octanol–water partition coefficient (Wildman–Crippen LogP) is 2.24. The van der Waals surface area contributed by atoms with Crippen LogP contribution in [0.5, 0.6) is 0 Å². The molecule has 6 heteroatoms. The van der Waals surface area contributed by atoms with E-state index >= 15 is 0 Å². The molecule has 0 aromatic carbocycles. The Morgan fingerprint density at radius 3 is 3.14 bits per heavy atom. The monoisotopic (exact) mass is 316 g/mol. The molecule has 0 bridgehead atoms. The van der Waals surface area contributed by atoms with E-state index in [4.69, 9.17) is 11.6 Å². The molecular formula is C16H17ClN4O. The van der Waals surface area contributed by atoms with Gasteiger partial charge in [-0.3, -0.25) is 9.78 Å². The third-order valence-electron chi connectivity index (χ3n) is 4.99. The summed E-state index contributed by atoms with van der Waals surface area (Å²) >= 11 is 6.16. The number of nitrogens with zero attached hydrogens (tertiary/aromatic N) is 3. The highest BCUT2D eigenvalue weighted by atomic mass is 35.5. The number of nitrogens with one attached hydrogen (secondary N) is 1. The summed E-state index contributed by atoms with van der Waals surface area (Å²) in [5.74, 6) is 2.03. The van der Waals surface area contributed by atoms with Crippen LogP contribution in [0.1, 0.15) is 12.8 Å². The molecule has 2 aliphatic rings. The van der Waals surface area contributed by atoms with E-state index in [1.165, 1.54) is 0 Å². The number of rotatable bonds is 3. The summed E-state index contributed by atoms with van der Waals surface area (Å²) in [6, 6.07) is 6.05. The molecular weight excluding hydrogens is 300 g/mol. The van der Waals surface area contributed by atoms with Crippen LogP contribution in [-0.4, -0.2) is 35.5 Å². The standard InChI is InChI=1S/C16H17ClN4O/c17-15-6-14-11(2-1-5-18-14)16(20-15)21-7-10-3-4-13(19-9-22)12(10)8-21/h1-2,5-6,9-10,12-13H,3-4,7-8H2,(H,19,22). The minimum absolute atomic E-state index is 0.288. The van der Waals surface area contributed by atoms with E-state index in [0.717, 1.165) is 49.1 Å². The predicted molar refractivity (Wildman–Crippen MR) is 86.0 cm³/mol. The van der Waals surface area contributed by atoms with Gasteiger partial charge in [-0.25, -0.2) is 4.98 Å². The van der Waals surface area contributed by atoms with E-state index in [1.807, 2.05) is 12.1 Å². The molecule has 2 aromatic heterocycles. The number of halogens is 1. The molecule has 22 heavy (non-hydrogen) atoms. The van der Waals surface area contributed by atoms with Crippen molar-refractivity contribution in [3.63, 3.8) is 0 Å². The Hall–Kier alpha value is -1.88. The average molecular weight is 317 g/mol. The number of aromatic nitrogens is 2. The van der Waals surface area contributed by atoms with Gasteiger partial charge in [-0.05, 0) is 30.9 Å². The maximum atomic E-state index is 10.8. The molecule has 1 N–H and O–H groups in total. The van der Waals surface area contributed by atoms with Crippen molar-refractivity contribution in [3.05, 3.63) is 29.5 Å². The minimum atomic E-state index is 0.288. The Morgan fingerprint density at radius 1 is 1.36 bits per heavy atom. The molecule has 2 aromatic rings. The summed E-state index contributed by atoms with van der Waals surface area (Å²) in [6.45, 7) is 1.88. The van der Waals surface area contributed by atoms with E-state index in [-0.39, 0.29) is 6.04 Å². The van der Waals surface area contributed by atoms with Gasteiger partial charge in [0.15, 0.2) is 0 Å². The number of amides is 1. The normalized spacial score (nSPS) is 27.1. The molecule has 1 amide bonds. The van der Waals surface area contributed by atoms with Crippen LogP contribution < -0.4 is 10.2 Å². The summed E-state index contributed by atoms with van der Waals surface area (Å²) in [5, 5.41) is 4.48. The van der Waals surface area contributed by atoms with Gasteiger partial charge in [0.05, 0.1) is 5.52 Å². The van der Waals surface area contributed by atoms with Crippen LogP contribution in [0.15, 0.2) is 24.4 Å². The fraction of sp³-hybridized carbons (Fsp3) is 0.438. The SMILES string of the molecule is O=CNC1CCC2CN(c3nc(Cl)cc4ncccc34)CC21. The zero-order valence-corrected chi connectivity index (χ0v) is 12.8. The highest BCUT2D eigenvalue weighted by Gasteiger charge is 2.43. The van der Waals surface area contributed by atoms with Crippen LogP contribution in [-0.2, 0) is 4.79 Å². The number of hydrogen-bond donors (Lipinski definition) is 1. The van der Waals surface area contributed by atoms with E-state index < -0.39 is 0 Å². The first-order chi connectivity index (χ1) is 10.8. The van der Waals surface area contributed by atoms with Crippen molar-refractivity contribution >= 4 is 34.7 Å². The van der Waals surface area contributed by atoms with Crippen molar-refractivity contribution in [2.75, 3.05) is 18.0 Å². The molecule has 2 fully saturated rings. The van der Waals surface area contributed by atoms with Crippen molar-refractivity contribution in [1.29, 1.82) is 0 Å². The van der Waals surface area contributed by atoms with Gasteiger partial charge in [-0.2, -0.15) is 0 Å². The maximum absolute atomic E-state index is 10.8. The van der Waals surface area contributed by atoms with Gasteiger partial charge in [0.25, 0.3) is 0 Å². The van der Waals surface area contributed by atoms with E-state index in [1.54, 1.807) is 12.3 Å². The summed E-state index contributed by atoms with van der Waals surface area (Å²) in [7, 11) is 0. The third-order valence-corrected chi connectivity index (χ3v) is 5.18. The van der Waals surface area contributed by atoms with Crippen molar-refractivity contribution in [2.24, 2.45) is 11.8 Å². The Kier molecular flexibility index (Phi) is 3.37. The summed E-state index contributed by atoms with van der Waals surface area (Å²) < 4.78 is 0. The number of hydrogen-bond acceptors (Lipinski definition) is 4. The summed E-state index contributed by atoms with van der Waals surface area (Å²) in [5.41, 5.74) is 0.872. The molecule has 1 saturated carbocycles. The first-order valence-electron chi connectivity index (χ1n) is 7.62. The van der Waals surface area contributed by atoms with Gasteiger partial charge in [0.2, 0.25) is 6.41 Å². The first kappa shape index (κ1) is 13.8. The second-order valence-corrected chi connectivity index (χ2v) is 6.52. The smallest absolute Gasteiger partial charge is 0.207 e. The summed E-state index contributed by atoms with van der Waals surface area (Å²) in [4.78, 5) is 22.0. The topological polar surface area (TPSA) is 58.1 Å². The Bertz CT molecular complexity index is 722. The number of fused-ring (bicyclic) bond motifs is 2. The molecule has 0 radical (unpaired) electrons. The zero-order valence-electron chi connectivity index (χ0n) is 12.1. The third kappa shape index (κ3) is 2.20. The molecule has 1 aliphatic carbocycles. The van der Waals surface area contributed by atoms with Crippen LogP contribution in [0.4, 0.5) is 5.82 Å². The van der Waals surface area contributed by atoms with Gasteiger partial charge in [-0.15, -0.1) is 0 Å². The van der Waals surface area contributed by atoms with Crippen molar-refractivity contribution in [3.8, 4) is 0 Å². The van der Waals surface area contributed by atoms with Crippen LogP contribution in [0.25, 0.3) is 10.9 Å². The van der Waals surface area contributed by atoms with Crippen LogP contribution in [0, 0.1) is 11.8 Å². The van der Waals surface area contributed by atoms with E-state index in [2.05, 4.69) is 20.2 Å². The highest BCUT2D eigenvalue weighted by Crippen LogP contribution is 2.41. The lowest BCUT2D eigenvalue weighted by atomic mass is 9.98. The molecule has 4 rings (SSSR count). The van der Waals surface area contributed by atoms with Crippen LogP contribution in [0.2, 0.25) is 5.15 Å². The number of carbonyl (C=O) groups excluding carboxylic acids is 1. The molecule has 1 saturated heterocycles. The van der Waals surface area contributed by atoms with Crippen molar-refractivity contribution in [2.45, 2.75) is 18.9 Å². The van der Waals surface area contributed by atoms with Crippen LogP contribution >= 0.6 is 11.6 Å². The zero-order chi connectivity index (χ0) is 15.1. The van der Waals surface area contributed by atoms with Gasteiger partial charge in [0.1, 0.15) is 11.0 Å².